The number of thioether (sulfide) groups is 1. The summed E-state index contributed by atoms with van der Waals surface area (Å²) in [6.07, 6.45) is 0. The first-order valence-corrected chi connectivity index (χ1v) is 6.86. The van der Waals surface area contributed by atoms with Gasteiger partial charge in [0.1, 0.15) is 0 Å². The number of aromatic nitrogens is 4. The van der Waals surface area contributed by atoms with Crippen LogP contribution >= 0.6 is 11.8 Å². The number of nitrogens with zero attached hydrogens (tertiary/aromatic N) is 3. The molecule has 2 N–H and O–H groups in total. The Morgan fingerprint density at radius 2 is 2.16 bits per heavy atom. The molecule has 19 heavy (non-hydrogen) atoms. The Labute approximate surface area is 115 Å². The number of carbonyl (C=O) groups is 1. The van der Waals surface area contributed by atoms with E-state index < -0.39 is 0 Å². The Balaban J connectivity index is 1.80. The van der Waals surface area contributed by atoms with Crippen molar-refractivity contribution in [3.63, 3.8) is 0 Å². The lowest BCUT2D eigenvalue weighted by atomic mass is 10.2. The Morgan fingerprint density at radius 3 is 2.79 bits per heavy atom. The van der Waals surface area contributed by atoms with E-state index in [0.717, 1.165) is 4.90 Å². The summed E-state index contributed by atoms with van der Waals surface area (Å²) in [7, 11) is 0. The molecule has 1 aromatic carbocycles. The molecule has 7 heteroatoms. The number of H-pyrrole nitrogens is 1. The predicted octanol–water partition coefficient (Wildman–Crippen LogP) is 1.48. The zero-order valence-electron chi connectivity index (χ0n) is 10.8. The smallest absolute Gasteiger partial charge is 0.230 e. The average molecular weight is 277 g/mol. The zero-order chi connectivity index (χ0) is 13.7. The second-order valence-electron chi connectivity index (χ2n) is 4.16. The summed E-state index contributed by atoms with van der Waals surface area (Å²) < 4.78 is 0. The van der Waals surface area contributed by atoms with Gasteiger partial charge in [-0.05, 0) is 26.0 Å². The molecule has 1 atom stereocenters. The lowest BCUT2D eigenvalue weighted by molar-refractivity contribution is -0.119. The first-order chi connectivity index (χ1) is 9.15. The molecule has 2 rings (SSSR count). The van der Waals surface area contributed by atoms with Gasteiger partial charge >= 0.3 is 0 Å². The third kappa shape index (κ3) is 4.06. The maximum absolute atomic E-state index is 11.8. The van der Waals surface area contributed by atoms with Crippen LogP contribution in [0.5, 0.6) is 0 Å². The van der Waals surface area contributed by atoms with Gasteiger partial charge in [0.25, 0.3) is 0 Å². The lowest BCUT2D eigenvalue weighted by Crippen LogP contribution is -2.28. The molecule has 2 aromatic rings. The van der Waals surface area contributed by atoms with Gasteiger partial charge in [-0.3, -0.25) is 4.79 Å². The van der Waals surface area contributed by atoms with Crippen LogP contribution in [0.25, 0.3) is 0 Å². The van der Waals surface area contributed by atoms with Crippen LogP contribution in [0.1, 0.15) is 24.4 Å². The van der Waals surface area contributed by atoms with Crippen molar-refractivity contribution in [1.29, 1.82) is 0 Å². The number of nitrogens with one attached hydrogen (secondary N) is 2. The molecule has 0 bridgehead atoms. The van der Waals surface area contributed by atoms with Crippen molar-refractivity contribution in [3.8, 4) is 0 Å². The highest BCUT2D eigenvalue weighted by molar-refractivity contribution is 8.00. The van der Waals surface area contributed by atoms with E-state index in [1.807, 2.05) is 38.1 Å². The van der Waals surface area contributed by atoms with E-state index in [2.05, 4.69) is 25.9 Å². The van der Waals surface area contributed by atoms with Gasteiger partial charge in [-0.15, -0.1) is 22.0 Å². The molecule has 1 heterocycles. The third-order valence-electron chi connectivity index (χ3n) is 2.52. The molecule has 0 spiro atoms. The van der Waals surface area contributed by atoms with Crippen molar-refractivity contribution in [2.75, 3.05) is 5.75 Å². The van der Waals surface area contributed by atoms with E-state index >= 15 is 0 Å². The predicted molar refractivity (Wildman–Crippen MR) is 72.6 cm³/mol. The van der Waals surface area contributed by atoms with Crippen LogP contribution in [0.2, 0.25) is 0 Å². The molecule has 0 saturated carbocycles. The minimum absolute atomic E-state index is 0.0529. The maximum Gasteiger partial charge on any atom is 0.230 e. The molecular weight excluding hydrogens is 262 g/mol. The molecule has 0 aliphatic carbocycles. The van der Waals surface area contributed by atoms with Crippen LogP contribution in [0, 0.1) is 6.92 Å². The highest BCUT2D eigenvalue weighted by Crippen LogP contribution is 2.18. The zero-order valence-corrected chi connectivity index (χ0v) is 11.6. The van der Waals surface area contributed by atoms with Crippen LogP contribution in [-0.2, 0) is 4.79 Å². The Bertz CT molecular complexity index is 526. The van der Waals surface area contributed by atoms with E-state index in [9.17, 15) is 4.79 Å². The number of aromatic amines is 1. The average Bonchev–Trinajstić information content (AvgIpc) is 2.92. The monoisotopic (exact) mass is 277 g/mol. The van der Waals surface area contributed by atoms with Crippen molar-refractivity contribution in [2.45, 2.75) is 24.8 Å². The molecule has 1 amide bonds. The molecular formula is C12H15N5OS. The fourth-order valence-electron chi connectivity index (χ4n) is 1.48. The molecule has 0 aliphatic rings. The van der Waals surface area contributed by atoms with E-state index in [0.29, 0.717) is 11.6 Å². The number of carbonyl (C=O) groups excluding carboxylic acids is 1. The largest absolute Gasteiger partial charge is 0.345 e. The molecule has 1 unspecified atom stereocenters. The number of aryl methyl sites for hydroxylation is 1. The van der Waals surface area contributed by atoms with Crippen LogP contribution in [0.4, 0.5) is 0 Å². The van der Waals surface area contributed by atoms with Crippen LogP contribution in [-0.4, -0.2) is 32.3 Å². The molecule has 0 radical (unpaired) electrons. The Kier molecular flexibility index (Phi) is 4.51. The molecule has 1 aromatic heterocycles. The Hall–Kier alpha value is -1.89. The van der Waals surface area contributed by atoms with Crippen molar-refractivity contribution in [1.82, 2.24) is 25.9 Å². The second-order valence-corrected chi connectivity index (χ2v) is 5.21. The number of hydrogen-bond acceptors (Lipinski definition) is 5. The van der Waals surface area contributed by atoms with Crippen molar-refractivity contribution in [3.05, 3.63) is 35.7 Å². The van der Waals surface area contributed by atoms with Gasteiger partial charge in [0.05, 0.1) is 11.8 Å². The van der Waals surface area contributed by atoms with Gasteiger partial charge in [-0.2, -0.15) is 5.21 Å². The summed E-state index contributed by atoms with van der Waals surface area (Å²) >= 11 is 1.50. The topological polar surface area (TPSA) is 83.6 Å². The molecule has 0 aliphatic heterocycles. The summed E-state index contributed by atoms with van der Waals surface area (Å²) in [5.74, 6) is 0.794. The van der Waals surface area contributed by atoms with Gasteiger partial charge in [0.2, 0.25) is 5.91 Å². The SMILES string of the molecule is Cc1ccc(SCC(=O)NC(C)c2nn[nH]n2)cc1. The molecule has 0 saturated heterocycles. The van der Waals surface area contributed by atoms with Gasteiger partial charge in [0.15, 0.2) is 5.82 Å². The number of tetrazole rings is 1. The first-order valence-electron chi connectivity index (χ1n) is 5.87. The van der Waals surface area contributed by atoms with Crippen molar-refractivity contribution < 1.29 is 4.79 Å². The van der Waals surface area contributed by atoms with Crippen molar-refractivity contribution >= 4 is 17.7 Å². The quantitative estimate of drug-likeness (QED) is 0.809. The van der Waals surface area contributed by atoms with Crippen LogP contribution in [0.3, 0.4) is 0 Å². The van der Waals surface area contributed by atoms with Gasteiger partial charge in [0, 0.05) is 4.90 Å². The second kappa shape index (κ2) is 6.33. The Morgan fingerprint density at radius 1 is 1.42 bits per heavy atom. The van der Waals surface area contributed by atoms with Crippen molar-refractivity contribution in [2.24, 2.45) is 0 Å². The fourth-order valence-corrected chi connectivity index (χ4v) is 2.19. The summed E-state index contributed by atoms with van der Waals surface area (Å²) in [6.45, 7) is 3.85. The van der Waals surface area contributed by atoms with E-state index in [1.54, 1.807) is 0 Å². The first kappa shape index (κ1) is 13.5. The maximum atomic E-state index is 11.8. The minimum Gasteiger partial charge on any atom is -0.345 e. The number of hydrogen-bond donors (Lipinski definition) is 2. The van der Waals surface area contributed by atoms with Crippen LogP contribution < -0.4 is 5.32 Å². The molecule has 0 fully saturated rings. The molecule has 100 valence electrons. The minimum atomic E-state index is -0.245. The summed E-state index contributed by atoms with van der Waals surface area (Å²) in [6, 6.07) is 7.83. The number of rotatable bonds is 5. The summed E-state index contributed by atoms with van der Waals surface area (Å²) in [5.41, 5.74) is 1.21. The third-order valence-corrected chi connectivity index (χ3v) is 3.53. The molecule has 6 nitrogen and oxygen atoms in total. The lowest BCUT2D eigenvalue weighted by Gasteiger charge is -2.09. The summed E-state index contributed by atoms with van der Waals surface area (Å²) in [4.78, 5) is 12.8. The normalized spacial score (nSPS) is 12.1. The highest BCUT2D eigenvalue weighted by atomic mass is 32.2. The fraction of sp³-hybridized carbons (Fsp3) is 0.333. The van der Waals surface area contributed by atoms with Crippen LogP contribution in [0.15, 0.2) is 29.2 Å². The number of benzene rings is 1. The van der Waals surface area contributed by atoms with Gasteiger partial charge in [-0.1, -0.05) is 22.9 Å². The van der Waals surface area contributed by atoms with Gasteiger partial charge in [-0.25, -0.2) is 0 Å². The highest BCUT2D eigenvalue weighted by Gasteiger charge is 2.13. The summed E-state index contributed by atoms with van der Waals surface area (Å²) in [5, 5.41) is 16.3. The number of amides is 1. The van der Waals surface area contributed by atoms with E-state index in [1.165, 1.54) is 17.3 Å². The van der Waals surface area contributed by atoms with E-state index in [4.69, 9.17) is 0 Å². The van der Waals surface area contributed by atoms with E-state index in [-0.39, 0.29) is 11.9 Å². The standard InChI is InChI=1S/C12H15N5OS/c1-8-3-5-10(6-4-8)19-7-11(18)13-9(2)12-14-16-17-15-12/h3-6,9H,7H2,1-2H3,(H,13,18)(H,14,15,16,17). The van der Waals surface area contributed by atoms with Gasteiger partial charge < -0.3 is 5.32 Å².